The van der Waals surface area contributed by atoms with Crippen LogP contribution in [0.5, 0.6) is 0 Å². The molecule has 0 bridgehead atoms. The topological polar surface area (TPSA) is 52.3 Å². The van der Waals surface area contributed by atoms with Gasteiger partial charge in [0.05, 0.1) is 13.5 Å². The lowest BCUT2D eigenvalue weighted by atomic mass is 9.79. The van der Waals surface area contributed by atoms with Crippen molar-refractivity contribution in [1.82, 2.24) is 0 Å². The van der Waals surface area contributed by atoms with Crippen molar-refractivity contribution in [3.8, 4) is 0 Å². The van der Waals surface area contributed by atoms with Crippen LogP contribution in [0.3, 0.4) is 0 Å². The predicted molar refractivity (Wildman–Crippen MR) is 59.4 cm³/mol. The Kier molecular flexibility index (Phi) is 4.17. The number of hydrogen-bond acceptors (Lipinski definition) is 3. The minimum absolute atomic E-state index is 0.0249. The zero-order valence-corrected chi connectivity index (χ0v) is 9.80. The Bertz CT molecular complexity index is 403. The van der Waals surface area contributed by atoms with Crippen molar-refractivity contribution in [2.75, 3.05) is 13.7 Å². The van der Waals surface area contributed by atoms with Gasteiger partial charge in [-0.2, -0.15) is 0 Å². The molecule has 1 rings (SSSR count). The standard InChI is InChI=1S/C12H15F2NO2/c1-12(7-15,6-11(16)17-2)8-3-9(13)5-10(14)4-8/h3-5H,6-7,15H2,1-2H3. The van der Waals surface area contributed by atoms with Crippen LogP contribution in [0.2, 0.25) is 0 Å². The van der Waals surface area contributed by atoms with E-state index < -0.39 is 23.0 Å². The summed E-state index contributed by atoms with van der Waals surface area (Å²) < 4.78 is 30.8. The van der Waals surface area contributed by atoms with Crippen LogP contribution in [0, 0.1) is 11.6 Å². The molecule has 3 nitrogen and oxygen atoms in total. The zero-order chi connectivity index (χ0) is 13.1. The molecule has 0 saturated carbocycles. The number of carbonyl (C=O) groups is 1. The van der Waals surface area contributed by atoms with Crippen molar-refractivity contribution >= 4 is 5.97 Å². The predicted octanol–water partition coefficient (Wildman–Crippen LogP) is 1.74. The van der Waals surface area contributed by atoms with Crippen molar-refractivity contribution in [1.29, 1.82) is 0 Å². The van der Waals surface area contributed by atoms with E-state index in [0.29, 0.717) is 5.56 Å². The molecular formula is C12H15F2NO2. The monoisotopic (exact) mass is 243 g/mol. The SMILES string of the molecule is COC(=O)CC(C)(CN)c1cc(F)cc(F)c1. The molecule has 17 heavy (non-hydrogen) atoms. The molecule has 0 heterocycles. The molecule has 0 aliphatic carbocycles. The van der Waals surface area contributed by atoms with Crippen LogP contribution >= 0.6 is 0 Å². The summed E-state index contributed by atoms with van der Waals surface area (Å²) in [5, 5.41) is 0. The van der Waals surface area contributed by atoms with Crippen molar-refractivity contribution in [3.05, 3.63) is 35.4 Å². The van der Waals surface area contributed by atoms with Crippen LogP contribution in [-0.2, 0) is 14.9 Å². The summed E-state index contributed by atoms with van der Waals surface area (Å²) in [6.07, 6.45) is -0.0249. The second-order valence-electron chi connectivity index (χ2n) is 4.18. The molecule has 94 valence electrons. The fourth-order valence-corrected chi connectivity index (χ4v) is 1.59. The number of esters is 1. The molecule has 0 amide bonds. The van der Waals surface area contributed by atoms with E-state index in [4.69, 9.17) is 5.73 Å². The Labute approximate surface area is 98.6 Å². The van der Waals surface area contributed by atoms with Crippen LogP contribution < -0.4 is 5.73 Å². The number of carbonyl (C=O) groups excluding carboxylic acids is 1. The average Bonchev–Trinajstić information content (AvgIpc) is 2.27. The highest BCUT2D eigenvalue weighted by Crippen LogP contribution is 2.28. The van der Waals surface area contributed by atoms with Crippen molar-refractivity contribution in [2.45, 2.75) is 18.8 Å². The zero-order valence-electron chi connectivity index (χ0n) is 9.80. The number of benzene rings is 1. The molecule has 0 aliphatic heterocycles. The lowest BCUT2D eigenvalue weighted by molar-refractivity contribution is -0.141. The molecule has 1 aromatic rings. The van der Waals surface area contributed by atoms with E-state index in [1.54, 1.807) is 6.92 Å². The molecule has 1 atom stereocenters. The highest BCUT2D eigenvalue weighted by Gasteiger charge is 2.29. The van der Waals surface area contributed by atoms with E-state index in [-0.39, 0.29) is 13.0 Å². The third-order valence-corrected chi connectivity index (χ3v) is 2.77. The van der Waals surface area contributed by atoms with Gasteiger partial charge in [0, 0.05) is 18.0 Å². The second-order valence-corrected chi connectivity index (χ2v) is 4.18. The maximum Gasteiger partial charge on any atom is 0.306 e. The molecule has 0 spiro atoms. The Morgan fingerprint density at radius 3 is 2.29 bits per heavy atom. The van der Waals surface area contributed by atoms with E-state index in [9.17, 15) is 13.6 Å². The maximum atomic E-state index is 13.1. The highest BCUT2D eigenvalue weighted by atomic mass is 19.1. The minimum atomic E-state index is -0.837. The van der Waals surface area contributed by atoms with Gasteiger partial charge in [-0.15, -0.1) is 0 Å². The van der Waals surface area contributed by atoms with E-state index in [1.165, 1.54) is 19.2 Å². The largest absolute Gasteiger partial charge is 0.469 e. The number of methoxy groups -OCH3 is 1. The molecule has 5 heteroatoms. The van der Waals surface area contributed by atoms with Crippen LogP contribution in [0.25, 0.3) is 0 Å². The third kappa shape index (κ3) is 3.23. The molecule has 0 saturated heterocycles. The molecule has 0 aliphatic rings. The summed E-state index contributed by atoms with van der Waals surface area (Å²) in [5.41, 5.74) is 5.10. The second kappa shape index (κ2) is 5.23. The first-order chi connectivity index (χ1) is 7.91. The molecular weight excluding hydrogens is 228 g/mol. The molecule has 0 radical (unpaired) electrons. The molecule has 2 N–H and O–H groups in total. The van der Waals surface area contributed by atoms with Crippen LogP contribution in [0.1, 0.15) is 18.9 Å². The van der Waals surface area contributed by atoms with E-state index >= 15 is 0 Å². The van der Waals surface area contributed by atoms with Gasteiger partial charge in [0.1, 0.15) is 11.6 Å². The highest BCUT2D eigenvalue weighted by molar-refractivity contribution is 5.71. The molecule has 1 unspecified atom stereocenters. The number of halogens is 2. The molecule has 0 aromatic heterocycles. The average molecular weight is 243 g/mol. The van der Waals surface area contributed by atoms with Crippen molar-refractivity contribution in [2.24, 2.45) is 5.73 Å². The number of hydrogen-bond donors (Lipinski definition) is 1. The Morgan fingerprint density at radius 2 is 1.88 bits per heavy atom. The molecule has 1 aromatic carbocycles. The summed E-state index contributed by atoms with van der Waals surface area (Å²) in [6.45, 7) is 1.75. The first-order valence-corrected chi connectivity index (χ1v) is 5.15. The normalized spacial score (nSPS) is 14.2. The number of nitrogens with two attached hydrogens (primary N) is 1. The van der Waals surface area contributed by atoms with Gasteiger partial charge >= 0.3 is 5.97 Å². The number of ether oxygens (including phenoxy) is 1. The smallest absolute Gasteiger partial charge is 0.306 e. The lowest BCUT2D eigenvalue weighted by Gasteiger charge is -2.27. The Balaban J connectivity index is 3.10. The van der Waals surface area contributed by atoms with Gasteiger partial charge in [-0.25, -0.2) is 8.78 Å². The molecule has 0 fully saturated rings. The van der Waals surface area contributed by atoms with E-state index in [0.717, 1.165) is 6.07 Å². The summed E-state index contributed by atoms with van der Waals surface area (Å²) >= 11 is 0. The van der Waals surface area contributed by atoms with Gasteiger partial charge in [0.25, 0.3) is 0 Å². The fraction of sp³-hybridized carbons (Fsp3) is 0.417. The van der Waals surface area contributed by atoms with Crippen LogP contribution in [0.4, 0.5) is 8.78 Å². The number of rotatable bonds is 4. The maximum absolute atomic E-state index is 13.1. The van der Waals surface area contributed by atoms with Crippen LogP contribution in [-0.4, -0.2) is 19.6 Å². The third-order valence-electron chi connectivity index (χ3n) is 2.77. The van der Waals surface area contributed by atoms with Gasteiger partial charge in [-0.1, -0.05) is 6.92 Å². The summed E-state index contributed by atoms with van der Waals surface area (Å²) in [6, 6.07) is 3.14. The van der Waals surface area contributed by atoms with Crippen LogP contribution in [0.15, 0.2) is 18.2 Å². The van der Waals surface area contributed by atoms with E-state index in [2.05, 4.69) is 4.74 Å². The lowest BCUT2D eigenvalue weighted by Crippen LogP contribution is -2.35. The summed E-state index contributed by atoms with van der Waals surface area (Å²) in [7, 11) is 1.26. The first kappa shape index (κ1) is 13.6. The van der Waals surface area contributed by atoms with Gasteiger partial charge < -0.3 is 10.5 Å². The summed E-state index contributed by atoms with van der Waals surface area (Å²) in [5.74, 6) is -1.85. The Morgan fingerprint density at radius 1 is 1.35 bits per heavy atom. The van der Waals surface area contributed by atoms with Gasteiger partial charge in [0.15, 0.2) is 0 Å². The Hall–Kier alpha value is -1.49. The van der Waals surface area contributed by atoms with Gasteiger partial charge in [-0.05, 0) is 17.7 Å². The summed E-state index contributed by atoms with van der Waals surface area (Å²) in [4.78, 5) is 11.3. The van der Waals surface area contributed by atoms with Crippen molar-refractivity contribution in [3.63, 3.8) is 0 Å². The minimum Gasteiger partial charge on any atom is -0.469 e. The van der Waals surface area contributed by atoms with Gasteiger partial charge in [0.2, 0.25) is 0 Å². The van der Waals surface area contributed by atoms with Crippen molar-refractivity contribution < 1.29 is 18.3 Å². The van der Waals surface area contributed by atoms with Gasteiger partial charge in [-0.3, -0.25) is 4.79 Å². The van der Waals surface area contributed by atoms with E-state index in [1.807, 2.05) is 0 Å². The fourth-order valence-electron chi connectivity index (χ4n) is 1.59. The quantitative estimate of drug-likeness (QED) is 0.819. The first-order valence-electron chi connectivity index (χ1n) is 5.15.